The maximum Gasteiger partial charge on any atom is 0.195 e. The number of allylic oxidation sites excluding steroid dienone is 1. The number of aromatic amines is 1. The van der Waals surface area contributed by atoms with E-state index in [0.29, 0.717) is 27.2 Å². The number of nitrogens with zero attached hydrogens (tertiary/aromatic N) is 2. The number of rotatable bonds is 3. The third-order valence-electron chi connectivity index (χ3n) is 2.25. The number of halogens is 2. The lowest BCUT2D eigenvalue weighted by Crippen LogP contribution is -1.98. The number of benzene rings is 1. The van der Waals surface area contributed by atoms with E-state index in [1.807, 2.05) is 10.6 Å². The maximum absolute atomic E-state index is 5.97. The zero-order valence-electron chi connectivity index (χ0n) is 8.78. The van der Waals surface area contributed by atoms with Crippen molar-refractivity contribution in [1.29, 1.82) is 0 Å². The first kappa shape index (κ1) is 12.4. The smallest absolute Gasteiger partial charge is 0.195 e. The van der Waals surface area contributed by atoms with Crippen molar-refractivity contribution in [1.82, 2.24) is 14.8 Å². The molecule has 0 unspecified atom stereocenters. The number of hydrogen-bond donors (Lipinski definition) is 1. The van der Waals surface area contributed by atoms with Gasteiger partial charge in [0.2, 0.25) is 0 Å². The van der Waals surface area contributed by atoms with Gasteiger partial charge in [-0.15, -0.1) is 6.58 Å². The van der Waals surface area contributed by atoms with Crippen LogP contribution >= 0.6 is 35.4 Å². The molecule has 1 heterocycles. The number of hydrogen-bond acceptors (Lipinski definition) is 2. The van der Waals surface area contributed by atoms with Gasteiger partial charge in [-0.2, -0.15) is 5.10 Å². The van der Waals surface area contributed by atoms with Gasteiger partial charge in [0, 0.05) is 12.1 Å². The standard InChI is InChI=1S/C11H9Cl2N3S/c1-2-5-16-10(14-15-11(16)17)7-3-4-8(12)9(13)6-7/h2-4,6H,1,5H2,(H,15,17). The van der Waals surface area contributed by atoms with Gasteiger partial charge >= 0.3 is 0 Å². The summed E-state index contributed by atoms with van der Waals surface area (Å²) in [4.78, 5) is 0. The van der Waals surface area contributed by atoms with E-state index in [-0.39, 0.29) is 0 Å². The number of nitrogens with one attached hydrogen (secondary N) is 1. The fourth-order valence-electron chi connectivity index (χ4n) is 1.47. The normalized spacial score (nSPS) is 10.5. The Morgan fingerprint density at radius 2 is 2.18 bits per heavy atom. The predicted molar refractivity (Wildman–Crippen MR) is 73.1 cm³/mol. The second kappa shape index (κ2) is 5.04. The van der Waals surface area contributed by atoms with Crippen LogP contribution in [0.2, 0.25) is 10.0 Å². The quantitative estimate of drug-likeness (QED) is 0.680. The summed E-state index contributed by atoms with van der Waals surface area (Å²) in [6.07, 6.45) is 1.76. The number of H-pyrrole nitrogens is 1. The second-order valence-corrected chi connectivity index (χ2v) is 4.58. The lowest BCUT2D eigenvalue weighted by molar-refractivity contribution is 0.814. The Labute approximate surface area is 114 Å². The van der Waals surface area contributed by atoms with E-state index in [4.69, 9.17) is 35.4 Å². The Morgan fingerprint density at radius 3 is 2.82 bits per heavy atom. The summed E-state index contributed by atoms with van der Waals surface area (Å²) in [5.41, 5.74) is 0.855. The molecular formula is C11H9Cl2N3S. The molecule has 0 saturated heterocycles. The summed E-state index contributed by atoms with van der Waals surface area (Å²) in [7, 11) is 0. The molecule has 1 aromatic carbocycles. The van der Waals surface area contributed by atoms with E-state index in [0.717, 1.165) is 5.56 Å². The van der Waals surface area contributed by atoms with E-state index in [1.165, 1.54) is 0 Å². The first-order valence-electron chi connectivity index (χ1n) is 4.85. The molecular weight excluding hydrogens is 277 g/mol. The molecule has 0 atom stereocenters. The lowest BCUT2D eigenvalue weighted by atomic mass is 10.2. The molecule has 0 amide bonds. The van der Waals surface area contributed by atoms with Crippen molar-refractivity contribution >= 4 is 35.4 Å². The molecule has 0 aliphatic carbocycles. The molecule has 2 rings (SSSR count). The molecule has 0 aliphatic heterocycles. The Hall–Kier alpha value is -1.10. The fourth-order valence-corrected chi connectivity index (χ4v) is 1.98. The molecule has 0 radical (unpaired) electrons. The van der Waals surface area contributed by atoms with Crippen molar-refractivity contribution in [2.24, 2.45) is 0 Å². The van der Waals surface area contributed by atoms with Crippen molar-refractivity contribution in [3.63, 3.8) is 0 Å². The molecule has 0 fully saturated rings. The van der Waals surface area contributed by atoms with Gasteiger partial charge in [0.1, 0.15) is 0 Å². The summed E-state index contributed by atoms with van der Waals surface area (Å²) in [6.45, 7) is 4.28. The van der Waals surface area contributed by atoms with Crippen LogP contribution in [-0.4, -0.2) is 14.8 Å². The lowest BCUT2D eigenvalue weighted by Gasteiger charge is -2.04. The van der Waals surface area contributed by atoms with Crippen LogP contribution in [0.25, 0.3) is 11.4 Å². The van der Waals surface area contributed by atoms with Crippen molar-refractivity contribution in [3.05, 3.63) is 45.7 Å². The largest absolute Gasteiger partial charge is 0.296 e. The topological polar surface area (TPSA) is 33.6 Å². The van der Waals surface area contributed by atoms with Crippen LogP contribution in [0.5, 0.6) is 0 Å². The minimum Gasteiger partial charge on any atom is -0.296 e. The highest BCUT2D eigenvalue weighted by molar-refractivity contribution is 7.71. The van der Waals surface area contributed by atoms with Crippen LogP contribution in [0.15, 0.2) is 30.9 Å². The molecule has 17 heavy (non-hydrogen) atoms. The second-order valence-electron chi connectivity index (χ2n) is 3.38. The van der Waals surface area contributed by atoms with Crippen LogP contribution in [0, 0.1) is 4.77 Å². The highest BCUT2D eigenvalue weighted by Crippen LogP contribution is 2.27. The molecule has 3 nitrogen and oxygen atoms in total. The molecule has 2 aromatic rings. The van der Waals surface area contributed by atoms with E-state index in [2.05, 4.69) is 16.8 Å². The maximum atomic E-state index is 5.97. The predicted octanol–water partition coefficient (Wildman–Crippen LogP) is 4.10. The van der Waals surface area contributed by atoms with Crippen molar-refractivity contribution in [2.75, 3.05) is 0 Å². The van der Waals surface area contributed by atoms with Gasteiger partial charge in [0.25, 0.3) is 0 Å². The molecule has 6 heteroatoms. The molecule has 0 bridgehead atoms. The molecule has 88 valence electrons. The minimum absolute atomic E-state index is 0.489. The summed E-state index contributed by atoms with van der Waals surface area (Å²) >= 11 is 17.0. The van der Waals surface area contributed by atoms with E-state index < -0.39 is 0 Å². The first-order valence-corrected chi connectivity index (χ1v) is 6.01. The van der Waals surface area contributed by atoms with Crippen molar-refractivity contribution < 1.29 is 0 Å². The van der Waals surface area contributed by atoms with E-state index in [1.54, 1.807) is 18.2 Å². The Morgan fingerprint density at radius 1 is 1.41 bits per heavy atom. The third kappa shape index (κ3) is 2.44. The molecule has 0 saturated carbocycles. The SMILES string of the molecule is C=CCn1c(-c2ccc(Cl)c(Cl)c2)n[nH]c1=S. The van der Waals surface area contributed by atoms with Crippen LogP contribution in [0.3, 0.4) is 0 Å². The van der Waals surface area contributed by atoms with Crippen LogP contribution < -0.4 is 0 Å². The van der Waals surface area contributed by atoms with E-state index >= 15 is 0 Å². The van der Waals surface area contributed by atoms with Crippen LogP contribution in [-0.2, 0) is 6.54 Å². The van der Waals surface area contributed by atoms with Crippen molar-refractivity contribution in [2.45, 2.75) is 6.54 Å². The summed E-state index contributed by atoms with van der Waals surface area (Å²) in [5, 5.41) is 7.92. The highest BCUT2D eigenvalue weighted by Gasteiger charge is 2.09. The van der Waals surface area contributed by atoms with Gasteiger partial charge in [-0.3, -0.25) is 9.67 Å². The monoisotopic (exact) mass is 285 g/mol. The van der Waals surface area contributed by atoms with Gasteiger partial charge in [0.05, 0.1) is 10.0 Å². The van der Waals surface area contributed by atoms with Crippen LogP contribution in [0.4, 0.5) is 0 Å². The average molecular weight is 286 g/mol. The van der Waals surface area contributed by atoms with E-state index in [9.17, 15) is 0 Å². The third-order valence-corrected chi connectivity index (χ3v) is 3.30. The van der Waals surface area contributed by atoms with Gasteiger partial charge in [-0.1, -0.05) is 29.3 Å². The summed E-state index contributed by atoms with van der Waals surface area (Å²) < 4.78 is 2.38. The van der Waals surface area contributed by atoms with Crippen molar-refractivity contribution in [3.8, 4) is 11.4 Å². The number of aromatic nitrogens is 3. The van der Waals surface area contributed by atoms with Crippen LogP contribution in [0.1, 0.15) is 0 Å². The molecule has 0 aliphatic rings. The molecule has 0 spiro atoms. The van der Waals surface area contributed by atoms with Gasteiger partial charge in [-0.25, -0.2) is 0 Å². The Kier molecular flexibility index (Phi) is 3.66. The fraction of sp³-hybridized carbons (Fsp3) is 0.0909. The molecule has 1 aromatic heterocycles. The zero-order valence-corrected chi connectivity index (χ0v) is 11.1. The minimum atomic E-state index is 0.489. The summed E-state index contributed by atoms with van der Waals surface area (Å²) in [5.74, 6) is 0.716. The van der Waals surface area contributed by atoms with Gasteiger partial charge < -0.3 is 0 Å². The highest BCUT2D eigenvalue weighted by atomic mass is 35.5. The zero-order chi connectivity index (χ0) is 12.4. The van der Waals surface area contributed by atoms with Gasteiger partial charge in [-0.05, 0) is 30.4 Å². The Bertz CT molecular complexity index is 615. The molecule has 1 N–H and O–H groups in total. The van der Waals surface area contributed by atoms with Gasteiger partial charge in [0.15, 0.2) is 10.6 Å². The Balaban J connectivity index is 2.56. The summed E-state index contributed by atoms with van der Waals surface area (Å²) in [6, 6.07) is 5.34. The average Bonchev–Trinajstić information content (AvgIpc) is 2.66. The first-order chi connectivity index (χ1) is 8.13.